The first-order valence-corrected chi connectivity index (χ1v) is 44.5. The van der Waals surface area contributed by atoms with Crippen LogP contribution in [0.25, 0.3) is 11.1 Å². The van der Waals surface area contributed by atoms with Crippen LogP contribution in [0.15, 0.2) is 340 Å². The molecule has 0 N–H and O–H groups in total. The Kier molecular flexibility index (Phi) is 26.1. The molecule has 14 aromatic rings. The first kappa shape index (κ1) is 84.5. The Labute approximate surface area is 716 Å². The van der Waals surface area contributed by atoms with E-state index in [4.69, 9.17) is 0 Å². The first-order valence-electron chi connectivity index (χ1n) is 44.5. The van der Waals surface area contributed by atoms with Crippen molar-refractivity contribution in [1.29, 1.82) is 0 Å². The third-order valence-corrected chi connectivity index (χ3v) is 27.6. The third kappa shape index (κ3) is 17.9. The molecule has 3 saturated carbocycles. The highest BCUT2D eigenvalue weighted by Crippen LogP contribution is 2.58. The zero-order valence-electron chi connectivity index (χ0n) is 74.1. The van der Waals surface area contributed by atoms with Crippen LogP contribution in [0.2, 0.25) is 0 Å². The summed E-state index contributed by atoms with van der Waals surface area (Å²) >= 11 is 0. The van der Waals surface area contributed by atoms with Crippen molar-refractivity contribution < 1.29 is 0 Å². The molecular weight excluding hydrogens is 1430 g/mol. The molecule has 119 heavy (non-hydrogen) atoms. The minimum absolute atomic E-state index is 0.155. The van der Waals surface area contributed by atoms with Gasteiger partial charge in [-0.05, 0) is 251 Å². The molecule has 0 heterocycles. The smallest absolute Gasteiger partial charge is 0.0624 e. The maximum atomic E-state index is 2.44. The van der Waals surface area contributed by atoms with Crippen molar-refractivity contribution in [1.82, 2.24) is 0 Å². The van der Waals surface area contributed by atoms with Crippen LogP contribution in [-0.4, -0.2) is 0 Å². The van der Waals surface area contributed by atoms with Gasteiger partial charge < -0.3 is 0 Å². The maximum Gasteiger partial charge on any atom is 0.0713 e. The Morgan fingerprint density at radius 3 is 0.807 bits per heavy atom. The Hall–Kier alpha value is -10.9. The molecule has 0 aromatic heterocycles. The van der Waals surface area contributed by atoms with Crippen LogP contribution < -0.4 is 0 Å². The number of fused-ring (bicyclic) bond motifs is 3. The van der Waals surface area contributed by atoms with E-state index in [9.17, 15) is 0 Å². The van der Waals surface area contributed by atoms with E-state index in [0.29, 0.717) is 5.41 Å². The van der Waals surface area contributed by atoms with Gasteiger partial charge in [0.15, 0.2) is 0 Å². The summed E-state index contributed by atoms with van der Waals surface area (Å²) in [6, 6.07) is 127. The average molecular weight is 1560 g/mol. The lowest BCUT2D eigenvalue weighted by atomic mass is 9.55. The van der Waals surface area contributed by atoms with Gasteiger partial charge in [-0.3, -0.25) is 0 Å². The summed E-state index contributed by atoms with van der Waals surface area (Å²) in [4.78, 5) is 0. The maximum absolute atomic E-state index is 2.44. The van der Waals surface area contributed by atoms with Crippen LogP contribution in [0.3, 0.4) is 0 Å². The summed E-state index contributed by atoms with van der Waals surface area (Å²) in [6.45, 7) is 33.5. The van der Waals surface area contributed by atoms with Crippen LogP contribution in [0.5, 0.6) is 0 Å². The molecule has 604 valence electrons. The van der Waals surface area contributed by atoms with Crippen LogP contribution in [0, 0.1) is 94.4 Å². The Morgan fingerprint density at radius 1 is 0.235 bits per heavy atom. The molecule has 1 unspecified atom stereocenters. The van der Waals surface area contributed by atoms with Gasteiger partial charge in [0.1, 0.15) is 0 Å². The van der Waals surface area contributed by atoms with E-state index in [0.717, 1.165) is 5.92 Å². The molecule has 3 fully saturated rings. The molecule has 18 rings (SSSR count). The van der Waals surface area contributed by atoms with Gasteiger partial charge in [0.2, 0.25) is 0 Å². The highest BCUT2D eigenvalue weighted by atomic mass is 14.5. The molecule has 0 aliphatic heterocycles. The van der Waals surface area contributed by atoms with Gasteiger partial charge in [-0.2, -0.15) is 0 Å². The summed E-state index contributed by atoms with van der Waals surface area (Å²) in [6.07, 6.45) is 17.1. The van der Waals surface area contributed by atoms with Gasteiger partial charge in [-0.1, -0.05) is 444 Å². The normalized spacial score (nSPS) is 16.3. The Bertz CT molecular complexity index is 5210. The van der Waals surface area contributed by atoms with Crippen LogP contribution in [0.1, 0.15) is 249 Å². The SMILES string of the molecule is Cc1ccc(C(c2ccccc2)(c2ccccc2)c2ccc(C)cc2)cc1.Cc1ccc(C2(c3ccc(C)c(C)c3)CCCCC2)cc1C.Cc1ccc(C2(c3ccc(C)cc3)CC(C)CC(C)(C)C2)cc1.Cc1ccc(C2(c3ccc(C)cc3)CCCCC2)cc1.Cc1ccc(C2(c3ccc(C)cc3)c3ccccc3-c3ccccc32)cc1. The fraction of sp³-hybridized carbons (Fsp3) is 0.294. The van der Waals surface area contributed by atoms with Crippen molar-refractivity contribution in [3.8, 4) is 11.1 Å². The van der Waals surface area contributed by atoms with E-state index in [1.807, 2.05) is 0 Å². The molecule has 1 atom stereocenters. The number of hydrogen-bond acceptors (Lipinski definition) is 0. The van der Waals surface area contributed by atoms with Gasteiger partial charge in [-0.25, -0.2) is 0 Å². The molecular formula is C119H128. The van der Waals surface area contributed by atoms with Crippen LogP contribution >= 0.6 is 0 Å². The van der Waals surface area contributed by atoms with Crippen molar-refractivity contribution in [3.05, 3.63) is 484 Å². The van der Waals surface area contributed by atoms with Crippen molar-refractivity contribution in [2.24, 2.45) is 11.3 Å². The van der Waals surface area contributed by atoms with Gasteiger partial charge in [-0.15, -0.1) is 0 Å². The van der Waals surface area contributed by atoms with Crippen molar-refractivity contribution >= 4 is 0 Å². The van der Waals surface area contributed by atoms with Crippen molar-refractivity contribution in [3.63, 3.8) is 0 Å². The van der Waals surface area contributed by atoms with E-state index in [1.54, 1.807) is 0 Å². The van der Waals surface area contributed by atoms with E-state index < -0.39 is 0 Å². The first-order chi connectivity index (χ1) is 57.5. The zero-order chi connectivity index (χ0) is 83.5. The second-order valence-corrected chi connectivity index (χ2v) is 37.1. The van der Waals surface area contributed by atoms with Gasteiger partial charge in [0, 0.05) is 16.2 Å². The fourth-order valence-corrected chi connectivity index (χ4v) is 21.2. The second-order valence-electron chi connectivity index (χ2n) is 37.1. The highest BCUT2D eigenvalue weighted by Gasteiger charge is 2.48. The zero-order valence-corrected chi connectivity index (χ0v) is 74.1. The molecule has 0 nitrogen and oxygen atoms in total. The molecule has 0 saturated heterocycles. The Morgan fingerprint density at radius 2 is 0.496 bits per heavy atom. The average Bonchev–Trinajstić information content (AvgIpc) is 1.52. The summed E-state index contributed by atoms with van der Waals surface area (Å²) in [7, 11) is 0. The van der Waals surface area contributed by atoms with Gasteiger partial charge in [0.25, 0.3) is 0 Å². The van der Waals surface area contributed by atoms with E-state index in [2.05, 4.69) is 444 Å². The lowest BCUT2D eigenvalue weighted by Crippen LogP contribution is -2.41. The van der Waals surface area contributed by atoms with Crippen LogP contribution in [-0.2, 0) is 27.1 Å². The molecule has 14 aromatic carbocycles. The second kappa shape index (κ2) is 36.7. The quantitative estimate of drug-likeness (QED) is 0.107. The predicted octanol–water partition coefficient (Wildman–Crippen LogP) is 31.5. The van der Waals surface area contributed by atoms with Crippen molar-refractivity contribution in [2.45, 2.75) is 214 Å². The molecule has 0 amide bonds. The topological polar surface area (TPSA) is 0 Å². The van der Waals surface area contributed by atoms with Crippen LogP contribution in [0.4, 0.5) is 0 Å². The number of rotatable bonds is 12. The monoisotopic (exact) mass is 1560 g/mol. The number of aryl methyl sites for hydroxylation is 12. The molecule has 0 heteroatoms. The van der Waals surface area contributed by atoms with Gasteiger partial charge >= 0.3 is 0 Å². The molecule has 4 aliphatic rings. The molecule has 4 aliphatic carbocycles. The predicted molar refractivity (Wildman–Crippen MR) is 509 cm³/mol. The summed E-state index contributed by atoms with van der Waals surface area (Å²) < 4.78 is 0. The summed E-state index contributed by atoms with van der Waals surface area (Å²) in [5, 5.41) is 0. The summed E-state index contributed by atoms with van der Waals surface area (Å²) in [5.41, 5.74) is 38.8. The number of hydrogen-bond donors (Lipinski definition) is 0. The summed E-state index contributed by atoms with van der Waals surface area (Å²) in [5.74, 6) is 0.751. The molecule has 0 radical (unpaired) electrons. The minimum Gasteiger partial charge on any atom is -0.0624 e. The fourth-order valence-electron chi connectivity index (χ4n) is 21.2. The minimum atomic E-state index is -0.343. The standard InChI is InChI=1S/C27H22.C27H24.C23H30.C22H28.C20H24/c1-19-11-15-21(16-12-19)27(22-17-13-20(2)14-18-22)25-9-5-3-7-23(25)24-8-4-6-10-26(24)27;1-21-13-17-25(18-14-21)27(23-9-5-3-6-10-23,24-11-7-4-8-12-24)26-19-15-22(2)16-20-26;1-17-6-10-20(11-7-17)23(21-12-8-18(2)9-13-21)15-19(3)14-22(4,5)16-23;1-16-8-10-20(14-18(16)3)22(12-6-5-7-13-22)21-11-9-17(2)19(4)15-21;1-16-6-10-18(11-7-16)20(14-4-3-5-15-20)19-12-8-17(2)9-13-19/h3-18H,1-2H3;3-20H,1-2H3;6-13,19H,14-16H2,1-5H3;8-11,14-15H,5-7,12-13H2,1-4H3;6-13H,3-5,14-15H2,1-2H3. The van der Waals surface area contributed by atoms with E-state index in [1.165, 1.54) is 239 Å². The number of benzene rings is 14. The Balaban J connectivity index is 0.000000123. The lowest BCUT2D eigenvalue weighted by molar-refractivity contribution is 0.127. The molecule has 0 spiro atoms. The largest absolute Gasteiger partial charge is 0.0713 e. The van der Waals surface area contributed by atoms with E-state index in [-0.39, 0.29) is 27.1 Å². The van der Waals surface area contributed by atoms with Crippen molar-refractivity contribution in [2.75, 3.05) is 0 Å². The van der Waals surface area contributed by atoms with Gasteiger partial charge in [0.05, 0.1) is 10.8 Å². The highest BCUT2D eigenvalue weighted by molar-refractivity contribution is 5.86. The molecule has 0 bridgehead atoms. The third-order valence-electron chi connectivity index (χ3n) is 27.6. The van der Waals surface area contributed by atoms with E-state index >= 15 is 0 Å². The lowest BCUT2D eigenvalue weighted by Gasteiger charge is -2.48.